The predicted octanol–water partition coefficient (Wildman–Crippen LogP) is 3.86. The van der Waals surface area contributed by atoms with Crippen molar-refractivity contribution >= 4 is 21.6 Å². The molecule has 2 aromatic carbocycles. The number of halogens is 1. The van der Waals surface area contributed by atoms with Gasteiger partial charge in [-0.2, -0.15) is 0 Å². The summed E-state index contributed by atoms with van der Waals surface area (Å²) >= 11 is 0. The number of aryl methyl sites for hydroxylation is 1. The average molecular weight is 390 g/mol. The fraction of sp³-hybridized carbons (Fsp3) is 0.350. The Labute approximate surface area is 159 Å². The molecule has 5 nitrogen and oxygen atoms in total. The standard InChI is InChI=1S/C20H23FN2O3S/c1-2-14-7-3-6-10-19(14)22-20(24)17-13-16(11-12-18(17)21)27(25,26)23-15-8-4-5-9-15/h3,6-7,10-13,15,23H,2,4-5,8-9H2,1H3,(H,22,24). The van der Waals surface area contributed by atoms with Crippen LogP contribution in [-0.2, 0) is 16.4 Å². The zero-order valence-electron chi connectivity index (χ0n) is 15.2. The van der Waals surface area contributed by atoms with E-state index in [2.05, 4.69) is 10.0 Å². The highest BCUT2D eigenvalue weighted by Crippen LogP contribution is 2.23. The Morgan fingerprint density at radius 2 is 1.85 bits per heavy atom. The SMILES string of the molecule is CCc1ccccc1NC(=O)c1cc(S(=O)(=O)NC2CCCC2)ccc1F. The minimum absolute atomic E-state index is 0.103. The molecule has 2 aromatic rings. The number of hydrogen-bond donors (Lipinski definition) is 2. The summed E-state index contributed by atoms with van der Waals surface area (Å²) in [7, 11) is -3.80. The second-order valence-corrected chi connectivity index (χ2v) is 8.42. The summed E-state index contributed by atoms with van der Waals surface area (Å²) in [6.45, 7) is 1.95. The molecule has 3 rings (SSSR count). The van der Waals surface area contributed by atoms with Crippen LogP contribution in [0.3, 0.4) is 0 Å². The molecule has 0 spiro atoms. The molecule has 0 atom stereocenters. The molecule has 7 heteroatoms. The predicted molar refractivity (Wildman–Crippen MR) is 103 cm³/mol. The minimum atomic E-state index is -3.80. The zero-order chi connectivity index (χ0) is 19.4. The van der Waals surface area contributed by atoms with Crippen molar-refractivity contribution in [3.8, 4) is 0 Å². The van der Waals surface area contributed by atoms with Gasteiger partial charge in [0.2, 0.25) is 10.0 Å². The number of para-hydroxylation sites is 1. The third-order valence-corrected chi connectivity index (χ3v) is 6.33. The number of amides is 1. The first-order valence-corrected chi connectivity index (χ1v) is 10.6. The van der Waals surface area contributed by atoms with E-state index in [-0.39, 0.29) is 16.5 Å². The van der Waals surface area contributed by atoms with E-state index in [1.165, 1.54) is 6.07 Å². The van der Waals surface area contributed by atoms with Gasteiger partial charge in [-0.1, -0.05) is 38.0 Å². The van der Waals surface area contributed by atoms with Crippen molar-refractivity contribution in [2.75, 3.05) is 5.32 Å². The fourth-order valence-corrected chi connectivity index (χ4v) is 4.65. The zero-order valence-corrected chi connectivity index (χ0v) is 16.0. The van der Waals surface area contributed by atoms with Crippen molar-refractivity contribution in [1.29, 1.82) is 0 Å². The van der Waals surface area contributed by atoms with Crippen molar-refractivity contribution < 1.29 is 17.6 Å². The number of nitrogens with one attached hydrogen (secondary N) is 2. The molecule has 0 saturated heterocycles. The summed E-state index contributed by atoms with van der Waals surface area (Å²) in [6, 6.07) is 10.4. The Kier molecular flexibility index (Phi) is 5.92. The van der Waals surface area contributed by atoms with E-state index in [9.17, 15) is 17.6 Å². The molecule has 2 N–H and O–H groups in total. The largest absolute Gasteiger partial charge is 0.322 e. The van der Waals surface area contributed by atoms with Crippen LogP contribution in [0, 0.1) is 5.82 Å². The first-order chi connectivity index (χ1) is 12.9. The van der Waals surface area contributed by atoms with Gasteiger partial charge in [-0.15, -0.1) is 0 Å². The molecule has 0 heterocycles. The van der Waals surface area contributed by atoms with Gasteiger partial charge in [0.05, 0.1) is 10.5 Å². The lowest BCUT2D eigenvalue weighted by Gasteiger charge is -2.14. The molecule has 0 radical (unpaired) electrons. The molecule has 0 unspecified atom stereocenters. The highest BCUT2D eigenvalue weighted by atomic mass is 32.2. The number of rotatable bonds is 6. The molecule has 144 valence electrons. The van der Waals surface area contributed by atoms with E-state index in [1.54, 1.807) is 12.1 Å². The van der Waals surface area contributed by atoms with Gasteiger partial charge in [0.15, 0.2) is 0 Å². The number of sulfonamides is 1. The molecule has 1 amide bonds. The lowest BCUT2D eigenvalue weighted by atomic mass is 10.1. The number of carbonyl (C=O) groups is 1. The first-order valence-electron chi connectivity index (χ1n) is 9.12. The second kappa shape index (κ2) is 8.19. The molecule has 0 aromatic heterocycles. The van der Waals surface area contributed by atoms with Gasteiger partial charge < -0.3 is 5.32 Å². The lowest BCUT2D eigenvalue weighted by Crippen LogP contribution is -2.32. The molecule has 1 aliphatic rings. The first kappa shape index (κ1) is 19.5. The maximum absolute atomic E-state index is 14.2. The molecule has 0 aliphatic heterocycles. The molecule has 1 aliphatic carbocycles. The number of anilines is 1. The van der Waals surface area contributed by atoms with E-state index in [4.69, 9.17) is 0 Å². The number of benzene rings is 2. The summed E-state index contributed by atoms with van der Waals surface area (Å²) in [6.07, 6.45) is 4.27. The lowest BCUT2D eigenvalue weighted by molar-refractivity contribution is 0.102. The van der Waals surface area contributed by atoms with Crippen molar-refractivity contribution in [3.05, 3.63) is 59.4 Å². The summed E-state index contributed by atoms with van der Waals surface area (Å²) < 4.78 is 42.0. The molecule has 0 bridgehead atoms. The highest BCUT2D eigenvalue weighted by Gasteiger charge is 2.25. The van der Waals surface area contributed by atoms with E-state index in [1.807, 2.05) is 19.1 Å². The van der Waals surface area contributed by atoms with Crippen LogP contribution in [-0.4, -0.2) is 20.4 Å². The van der Waals surface area contributed by atoms with Crippen LogP contribution < -0.4 is 10.0 Å². The van der Waals surface area contributed by atoms with Gasteiger partial charge >= 0.3 is 0 Å². The van der Waals surface area contributed by atoms with Gasteiger partial charge in [0.25, 0.3) is 5.91 Å². The Balaban J connectivity index is 1.85. The Hall–Kier alpha value is -2.25. The monoisotopic (exact) mass is 390 g/mol. The van der Waals surface area contributed by atoms with Crippen LogP contribution >= 0.6 is 0 Å². The molecular formula is C20H23FN2O3S. The normalized spacial score (nSPS) is 15.0. The number of carbonyl (C=O) groups excluding carboxylic acids is 1. The van der Waals surface area contributed by atoms with Gasteiger partial charge in [-0.3, -0.25) is 4.79 Å². The van der Waals surface area contributed by atoms with Crippen LogP contribution in [0.4, 0.5) is 10.1 Å². The topological polar surface area (TPSA) is 75.3 Å². The third kappa shape index (κ3) is 4.54. The highest BCUT2D eigenvalue weighted by molar-refractivity contribution is 7.89. The van der Waals surface area contributed by atoms with Crippen molar-refractivity contribution in [3.63, 3.8) is 0 Å². The summed E-state index contributed by atoms with van der Waals surface area (Å²) in [4.78, 5) is 12.5. The van der Waals surface area contributed by atoms with E-state index >= 15 is 0 Å². The maximum atomic E-state index is 14.2. The van der Waals surface area contributed by atoms with E-state index in [0.717, 1.165) is 43.4 Å². The van der Waals surface area contributed by atoms with E-state index in [0.29, 0.717) is 12.1 Å². The smallest absolute Gasteiger partial charge is 0.258 e. The van der Waals surface area contributed by atoms with Crippen LogP contribution in [0.5, 0.6) is 0 Å². The second-order valence-electron chi connectivity index (χ2n) is 6.71. The maximum Gasteiger partial charge on any atom is 0.258 e. The van der Waals surface area contributed by atoms with Crippen LogP contribution in [0.15, 0.2) is 47.4 Å². The molecule has 1 saturated carbocycles. The van der Waals surface area contributed by atoms with E-state index < -0.39 is 21.7 Å². The van der Waals surface area contributed by atoms with Crippen molar-refractivity contribution in [2.24, 2.45) is 0 Å². The molecular weight excluding hydrogens is 367 g/mol. The Morgan fingerprint density at radius 1 is 1.15 bits per heavy atom. The summed E-state index contributed by atoms with van der Waals surface area (Å²) in [5, 5.41) is 2.68. The quantitative estimate of drug-likeness (QED) is 0.786. The minimum Gasteiger partial charge on any atom is -0.322 e. The van der Waals surface area contributed by atoms with Gasteiger partial charge in [-0.05, 0) is 49.1 Å². The Bertz CT molecular complexity index is 938. The van der Waals surface area contributed by atoms with Crippen molar-refractivity contribution in [2.45, 2.75) is 50.0 Å². The molecule has 27 heavy (non-hydrogen) atoms. The van der Waals surface area contributed by atoms with Crippen LogP contribution in [0.25, 0.3) is 0 Å². The third-order valence-electron chi connectivity index (χ3n) is 4.82. The van der Waals surface area contributed by atoms with Crippen molar-refractivity contribution in [1.82, 2.24) is 4.72 Å². The van der Waals surface area contributed by atoms with Crippen LogP contribution in [0.2, 0.25) is 0 Å². The Morgan fingerprint density at radius 3 is 2.56 bits per heavy atom. The van der Waals surface area contributed by atoms with Crippen LogP contribution in [0.1, 0.15) is 48.5 Å². The van der Waals surface area contributed by atoms with Gasteiger partial charge in [0.1, 0.15) is 5.82 Å². The summed E-state index contributed by atoms with van der Waals surface area (Å²) in [5.74, 6) is -1.44. The average Bonchev–Trinajstić information content (AvgIpc) is 3.14. The van der Waals surface area contributed by atoms with Gasteiger partial charge in [0, 0.05) is 11.7 Å². The number of hydrogen-bond acceptors (Lipinski definition) is 3. The summed E-state index contributed by atoms with van der Waals surface area (Å²) in [5.41, 5.74) is 1.20. The fourth-order valence-electron chi connectivity index (χ4n) is 3.32. The van der Waals surface area contributed by atoms with Gasteiger partial charge in [-0.25, -0.2) is 17.5 Å². The molecule has 1 fully saturated rings.